The number of nitrogens with zero attached hydrogens (tertiary/aromatic N) is 2. The number of hydrogen-bond donors (Lipinski definition) is 3. The van der Waals surface area contributed by atoms with Gasteiger partial charge < -0.3 is 5.32 Å². The minimum atomic E-state index is -3.70. The average molecular weight is 436 g/mol. The molecule has 1 aromatic heterocycles. The maximum absolute atomic E-state index is 12.5. The molecule has 0 unspecified atom stereocenters. The van der Waals surface area contributed by atoms with Crippen LogP contribution in [0.1, 0.15) is 12.2 Å². The fourth-order valence-corrected chi connectivity index (χ4v) is 4.18. The average Bonchev–Trinajstić information content (AvgIpc) is 3.20. The van der Waals surface area contributed by atoms with Crippen LogP contribution in [-0.2, 0) is 14.8 Å². The van der Waals surface area contributed by atoms with E-state index < -0.39 is 10.0 Å². The zero-order chi connectivity index (χ0) is 21.8. The summed E-state index contributed by atoms with van der Waals surface area (Å²) in [6.07, 6.45) is 0.00861. The Labute approximate surface area is 179 Å². The van der Waals surface area contributed by atoms with E-state index in [4.69, 9.17) is 0 Å². The molecular formula is C22H21N5O3S. The number of nitrogens with one attached hydrogen (secondary N) is 3. The third-order valence-corrected chi connectivity index (χ3v) is 6.16. The fourth-order valence-electron chi connectivity index (χ4n) is 3.11. The van der Waals surface area contributed by atoms with E-state index in [0.29, 0.717) is 11.5 Å². The van der Waals surface area contributed by atoms with Gasteiger partial charge in [0.15, 0.2) is 5.82 Å². The molecule has 0 aliphatic rings. The monoisotopic (exact) mass is 435 g/mol. The molecule has 3 N–H and O–H groups in total. The zero-order valence-electron chi connectivity index (χ0n) is 16.8. The predicted octanol–water partition coefficient (Wildman–Crippen LogP) is 3.24. The Kier molecular flexibility index (Phi) is 5.79. The Hall–Kier alpha value is -3.56. The maximum Gasteiger partial charge on any atom is 0.240 e. The highest BCUT2D eigenvalue weighted by molar-refractivity contribution is 7.89. The van der Waals surface area contributed by atoms with Crippen molar-refractivity contribution in [3.05, 3.63) is 72.6 Å². The number of carbonyl (C=O) groups excluding carboxylic acids is 1. The van der Waals surface area contributed by atoms with Crippen LogP contribution < -0.4 is 10.0 Å². The van der Waals surface area contributed by atoms with Gasteiger partial charge in [0.05, 0.1) is 4.90 Å². The van der Waals surface area contributed by atoms with E-state index in [1.807, 2.05) is 31.2 Å². The topological polar surface area (TPSA) is 117 Å². The molecule has 4 aromatic rings. The number of aromatic nitrogens is 3. The van der Waals surface area contributed by atoms with Gasteiger partial charge in [-0.1, -0.05) is 30.3 Å². The quantitative estimate of drug-likeness (QED) is 0.412. The summed E-state index contributed by atoms with van der Waals surface area (Å²) in [4.78, 5) is 16.6. The predicted molar refractivity (Wildman–Crippen MR) is 119 cm³/mol. The second kappa shape index (κ2) is 8.66. The molecule has 1 amide bonds. The number of carbonyl (C=O) groups is 1. The van der Waals surface area contributed by atoms with Crippen LogP contribution in [0.5, 0.6) is 0 Å². The van der Waals surface area contributed by atoms with Gasteiger partial charge in [0.1, 0.15) is 5.82 Å². The Morgan fingerprint density at radius 1 is 1.00 bits per heavy atom. The summed E-state index contributed by atoms with van der Waals surface area (Å²) in [6, 6.07) is 19.6. The highest BCUT2D eigenvalue weighted by atomic mass is 32.2. The second-order valence-corrected chi connectivity index (χ2v) is 8.79. The van der Waals surface area contributed by atoms with Crippen LogP contribution in [0.2, 0.25) is 0 Å². The molecule has 158 valence electrons. The van der Waals surface area contributed by atoms with Crippen molar-refractivity contribution in [3.8, 4) is 11.4 Å². The normalized spacial score (nSPS) is 11.5. The van der Waals surface area contributed by atoms with Crippen LogP contribution in [0.15, 0.2) is 71.6 Å². The van der Waals surface area contributed by atoms with E-state index >= 15 is 0 Å². The third-order valence-electron chi connectivity index (χ3n) is 4.70. The van der Waals surface area contributed by atoms with Gasteiger partial charge in [0, 0.05) is 24.2 Å². The van der Waals surface area contributed by atoms with Crippen molar-refractivity contribution in [2.24, 2.45) is 0 Å². The van der Waals surface area contributed by atoms with Gasteiger partial charge in [0.25, 0.3) is 0 Å². The number of rotatable bonds is 7. The van der Waals surface area contributed by atoms with E-state index in [9.17, 15) is 13.2 Å². The van der Waals surface area contributed by atoms with Gasteiger partial charge in [-0.2, -0.15) is 5.10 Å². The Morgan fingerprint density at radius 3 is 2.45 bits per heavy atom. The SMILES string of the molecule is Cc1nc(-c2ccc(NC(=O)CCNS(=O)(=O)c3ccc4ccccc4c3)cc2)n[nH]1. The van der Waals surface area contributed by atoms with Gasteiger partial charge in [-0.3, -0.25) is 9.89 Å². The smallest absolute Gasteiger partial charge is 0.240 e. The number of hydrogen-bond acceptors (Lipinski definition) is 5. The number of sulfonamides is 1. The lowest BCUT2D eigenvalue weighted by Gasteiger charge is -2.09. The van der Waals surface area contributed by atoms with Gasteiger partial charge >= 0.3 is 0 Å². The highest BCUT2D eigenvalue weighted by Gasteiger charge is 2.15. The lowest BCUT2D eigenvalue weighted by atomic mass is 10.1. The summed E-state index contributed by atoms with van der Waals surface area (Å²) in [5, 5.41) is 11.4. The zero-order valence-corrected chi connectivity index (χ0v) is 17.6. The molecule has 4 rings (SSSR count). The maximum atomic E-state index is 12.5. The molecule has 0 aliphatic carbocycles. The molecule has 0 spiro atoms. The number of benzene rings is 3. The van der Waals surface area contributed by atoms with E-state index in [1.54, 1.807) is 42.5 Å². The summed E-state index contributed by atoms with van der Waals surface area (Å²) in [5.74, 6) is 1.01. The van der Waals surface area contributed by atoms with Crippen LogP contribution in [0.4, 0.5) is 5.69 Å². The van der Waals surface area contributed by atoms with Gasteiger partial charge in [-0.15, -0.1) is 0 Å². The number of aryl methyl sites for hydroxylation is 1. The molecule has 9 heteroatoms. The minimum Gasteiger partial charge on any atom is -0.326 e. The first-order chi connectivity index (χ1) is 14.9. The molecule has 0 radical (unpaired) electrons. The largest absolute Gasteiger partial charge is 0.326 e. The molecule has 0 fully saturated rings. The van der Waals surface area contributed by atoms with Gasteiger partial charge in [-0.05, 0) is 54.1 Å². The Balaban J connectivity index is 1.32. The van der Waals surface area contributed by atoms with Crippen molar-refractivity contribution < 1.29 is 13.2 Å². The molecule has 0 atom stereocenters. The van der Waals surface area contributed by atoms with Crippen LogP contribution in [0.3, 0.4) is 0 Å². The van der Waals surface area contributed by atoms with Crippen LogP contribution in [-0.4, -0.2) is 36.1 Å². The highest BCUT2D eigenvalue weighted by Crippen LogP contribution is 2.19. The Bertz CT molecular complexity index is 1330. The number of aromatic amines is 1. The van der Waals surface area contributed by atoms with Gasteiger partial charge in [0.2, 0.25) is 15.9 Å². The molecule has 0 saturated carbocycles. The lowest BCUT2D eigenvalue weighted by molar-refractivity contribution is -0.116. The second-order valence-electron chi connectivity index (χ2n) is 7.03. The van der Waals surface area contributed by atoms with Crippen molar-refractivity contribution in [2.75, 3.05) is 11.9 Å². The van der Waals surface area contributed by atoms with E-state index in [1.165, 1.54) is 0 Å². The van der Waals surface area contributed by atoms with Crippen LogP contribution in [0.25, 0.3) is 22.2 Å². The molecule has 0 aliphatic heterocycles. The number of H-pyrrole nitrogens is 1. The molecule has 31 heavy (non-hydrogen) atoms. The van der Waals surface area contributed by atoms with E-state index in [-0.39, 0.29) is 23.8 Å². The first-order valence-electron chi connectivity index (χ1n) is 9.68. The Morgan fingerprint density at radius 2 is 1.74 bits per heavy atom. The molecule has 1 heterocycles. The van der Waals surface area contributed by atoms with Crippen molar-refractivity contribution in [2.45, 2.75) is 18.2 Å². The third kappa shape index (κ3) is 4.96. The number of fused-ring (bicyclic) bond motifs is 1. The summed E-state index contributed by atoms with van der Waals surface area (Å²) in [7, 11) is -3.70. The van der Waals surface area contributed by atoms with Crippen molar-refractivity contribution in [1.29, 1.82) is 0 Å². The molecular weight excluding hydrogens is 414 g/mol. The first-order valence-corrected chi connectivity index (χ1v) is 11.2. The first kappa shape index (κ1) is 20.7. The van der Waals surface area contributed by atoms with E-state index in [0.717, 1.165) is 22.2 Å². The van der Waals surface area contributed by atoms with Crippen molar-refractivity contribution in [3.63, 3.8) is 0 Å². The molecule has 0 bridgehead atoms. The summed E-state index contributed by atoms with van der Waals surface area (Å²) < 4.78 is 27.5. The molecule has 0 saturated heterocycles. The van der Waals surface area contributed by atoms with E-state index in [2.05, 4.69) is 25.2 Å². The molecule has 8 nitrogen and oxygen atoms in total. The summed E-state index contributed by atoms with van der Waals surface area (Å²) in [6.45, 7) is 1.81. The standard InChI is InChI=1S/C22H21N5O3S/c1-15-24-22(27-26-15)17-6-9-19(10-7-17)25-21(28)12-13-23-31(29,30)20-11-8-16-4-2-3-5-18(16)14-20/h2-11,14,23H,12-13H2,1H3,(H,25,28)(H,24,26,27). The number of amides is 1. The van der Waals surface area contributed by atoms with Crippen molar-refractivity contribution in [1.82, 2.24) is 19.9 Å². The summed E-state index contributed by atoms with van der Waals surface area (Å²) >= 11 is 0. The summed E-state index contributed by atoms with van der Waals surface area (Å²) in [5.41, 5.74) is 1.43. The van der Waals surface area contributed by atoms with Gasteiger partial charge in [-0.25, -0.2) is 18.1 Å². The lowest BCUT2D eigenvalue weighted by Crippen LogP contribution is -2.27. The fraction of sp³-hybridized carbons (Fsp3) is 0.136. The van der Waals surface area contributed by atoms with Crippen LogP contribution in [0, 0.1) is 6.92 Å². The number of anilines is 1. The van der Waals surface area contributed by atoms with Crippen LogP contribution >= 0.6 is 0 Å². The van der Waals surface area contributed by atoms with Crippen molar-refractivity contribution >= 4 is 32.4 Å². The molecule has 3 aromatic carbocycles. The minimum absolute atomic E-state index is 0.00442.